The summed E-state index contributed by atoms with van der Waals surface area (Å²) in [4.78, 5) is 25.3. The van der Waals surface area contributed by atoms with E-state index in [0.29, 0.717) is 24.1 Å². The molecule has 1 N–H and O–H groups in total. The Morgan fingerprint density at radius 3 is 2.33 bits per heavy atom. The van der Waals surface area contributed by atoms with E-state index < -0.39 is 47.1 Å². The number of carbonyl (C=O) groups excluding carboxylic acids is 2. The monoisotopic (exact) mass is 566 g/mol. The summed E-state index contributed by atoms with van der Waals surface area (Å²) in [5.41, 5.74) is -1.35. The van der Waals surface area contributed by atoms with Crippen molar-refractivity contribution in [3.63, 3.8) is 0 Å². The van der Waals surface area contributed by atoms with E-state index in [2.05, 4.69) is 10.1 Å². The number of aromatic nitrogens is 1. The van der Waals surface area contributed by atoms with Crippen LogP contribution in [0.5, 0.6) is 0 Å². The Morgan fingerprint density at radius 1 is 1.05 bits per heavy atom. The number of nitrogens with one attached hydrogen (secondary N) is 1. The van der Waals surface area contributed by atoms with Gasteiger partial charge >= 0.3 is 18.3 Å². The molecule has 1 aliphatic carbocycles. The summed E-state index contributed by atoms with van der Waals surface area (Å²) in [6.45, 7) is 3.01. The van der Waals surface area contributed by atoms with Gasteiger partial charge in [-0.25, -0.2) is 4.79 Å². The Morgan fingerprint density at radius 2 is 1.73 bits per heavy atom. The van der Waals surface area contributed by atoms with Crippen molar-refractivity contribution in [3.05, 3.63) is 93.3 Å². The van der Waals surface area contributed by atoms with Crippen LogP contribution in [0.25, 0.3) is 0 Å². The first-order valence-electron chi connectivity index (χ1n) is 12.7. The van der Waals surface area contributed by atoms with Crippen LogP contribution < -0.4 is 5.32 Å². The largest absolute Gasteiger partial charge is 0.465 e. The predicted octanol–water partition coefficient (Wildman–Crippen LogP) is 7.29. The molecule has 1 aromatic heterocycles. The maximum absolute atomic E-state index is 14.5. The number of amides is 1. The van der Waals surface area contributed by atoms with Crippen molar-refractivity contribution < 1.29 is 40.7 Å². The van der Waals surface area contributed by atoms with E-state index in [1.807, 2.05) is 0 Å². The van der Waals surface area contributed by atoms with Crippen LogP contribution in [0.3, 0.4) is 0 Å². The minimum absolute atomic E-state index is 0.0125. The zero-order chi connectivity index (χ0) is 29.4. The van der Waals surface area contributed by atoms with Crippen LogP contribution in [0, 0.1) is 0 Å². The molecule has 3 aromatic rings. The lowest BCUT2D eigenvalue weighted by atomic mass is 9.87. The number of alkyl halides is 6. The zero-order valence-corrected chi connectivity index (χ0v) is 22.0. The number of hydrogen-bond donors (Lipinski definition) is 1. The number of esters is 1. The lowest BCUT2D eigenvalue weighted by Gasteiger charge is -2.23. The Balaban J connectivity index is 1.79. The number of hydrogen-bond acceptors (Lipinski definition) is 3. The molecule has 0 saturated carbocycles. The van der Waals surface area contributed by atoms with E-state index in [9.17, 15) is 35.9 Å². The van der Waals surface area contributed by atoms with Crippen molar-refractivity contribution in [1.29, 1.82) is 0 Å². The Labute approximate surface area is 227 Å². The van der Waals surface area contributed by atoms with Crippen molar-refractivity contribution >= 4 is 11.9 Å². The summed E-state index contributed by atoms with van der Waals surface area (Å²) in [6.07, 6.45) is -8.31. The molecule has 0 saturated heterocycles. The number of fused-ring (bicyclic) bond motifs is 1. The fraction of sp³-hybridized carbons (Fsp3) is 0.379. The molecule has 0 radical (unpaired) electrons. The van der Waals surface area contributed by atoms with E-state index in [1.54, 1.807) is 26.0 Å². The SMILES string of the molecule is COC(=O)c1ccc([C@H](C)NC(=O)c2c(C(F)(F)F)c3c(n2Cc2cccc(C(F)(F)F)c2)[C@H](C)CCC3)cc1. The standard InChI is InChI=1S/C29H28F6N2O3/c1-16-6-4-9-22-23(29(33,34)35)25(26(38)36-17(2)19-10-12-20(13-11-19)27(39)40-3)37(24(16)22)15-18-7-5-8-21(14-18)28(30,31)32/h5,7-8,10-14,16-17H,4,6,9,15H2,1-3H3,(H,36,38)/t16-,17+/m1/s1. The highest BCUT2D eigenvalue weighted by molar-refractivity contribution is 5.96. The second-order valence-electron chi connectivity index (χ2n) is 9.97. The molecular weight excluding hydrogens is 538 g/mol. The van der Waals surface area contributed by atoms with Crippen molar-refractivity contribution in [3.8, 4) is 0 Å². The summed E-state index contributed by atoms with van der Waals surface area (Å²) in [7, 11) is 1.23. The minimum atomic E-state index is -4.86. The van der Waals surface area contributed by atoms with E-state index in [4.69, 9.17) is 0 Å². The third-order valence-electron chi connectivity index (χ3n) is 7.21. The van der Waals surface area contributed by atoms with E-state index in [-0.39, 0.29) is 35.6 Å². The van der Waals surface area contributed by atoms with Crippen LogP contribution >= 0.6 is 0 Å². The first-order valence-corrected chi connectivity index (χ1v) is 12.7. The highest BCUT2D eigenvalue weighted by Crippen LogP contribution is 2.44. The zero-order valence-electron chi connectivity index (χ0n) is 22.0. The van der Waals surface area contributed by atoms with Gasteiger partial charge in [0.25, 0.3) is 5.91 Å². The van der Waals surface area contributed by atoms with Crippen molar-refractivity contribution in [1.82, 2.24) is 9.88 Å². The fourth-order valence-electron chi connectivity index (χ4n) is 5.34. The highest BCUT2D eigenvalue weighted by atomic mass is 19.4. The average Bonchev–Trinajstić information content (AvgIpc) is 3.23. The smallest absolute Gasteiger partial charge is 0.418 e. The third-order valence-corrected chi connectivity index (χ3v) is 7.21. The lowest BCUT2D eigenvalue weighted by molar-refractivity contribution is -0.139. The fourth-order valence-corrected chi connectivity index (χ4v) is 5.34. The van der Waals surface area contributed by atoms with Gasteiger partial charge in [-0.1, -0.05) is 31.2 Å². The molecule has 214 valence electrons. The van der Waals surface area contributed by atoms with Crippen molar-refractivity contribution in [2.24, 2.45) is 0 Å². The van der Waals surface area contributed by atoms with Crippen LogP contribution in [0.4, 0.5) is 26.3 Å². The van der Waals surface area contributed by atoms with Gasteiger partial charge in [-0.05, 0) is 73.1 Å². The number of halogens is 6. The highest BCUT2D eigenvalue weighted by Gasteiger charge is 2.44. The summed E-state index contributed by atoms with van der Waals surface area (Å²) in [5.74, 6) is -1.89. The second-order valence-corrected chi connectivity index (χ2v) is 9.97. The number of methoxy groups -OCH3 is 1. The maximum Gasteiger partial charge on any atom is 0.418 e. The number of carbonyl (C=O) groups is 2. The summed E-state index contributed by atoms with van der Waals surface area (Å²) in [5, 5.41) is 2.62. The van der Waals surface area contributed by atoms with Crippen molar-refractivity contribution in [2.45, 2.75) is 64.0 Å². The molecule has 11 heteroatoms. The van der Waals surface area contributed by atoms with Crippen LogP contribution in [0.15, 0.2) is 48.5 Å². The topological polar surface area (TPSA) is 60.3 Å². The quantitative estimate of drug-likeness (QED) is 0.252. The Bertz CT molecular complexity index is 1410. The minimum Gasteiger partial charge on any atom is -0.465 e. The third kappa shape index (κ3) is 5.88. The normalized spacial score (nSPS) is 16.3. The van der Waals surface area contributed by atoms with Gasteiger partial charge < -0.3 is 14.6 Å². The molecule has 2 aromatic carbocycles. The maximum atomic E-state index is 14.5. The first-order chi connectivity index (χ1) is 18.7. The second kappa shape index (κ2) is 11.0. The molecule has 5 nitrogen and oxygen atoms in total. The molecule has 2 atom stereocenters. The van der Waals surface area contributed by atoms with Crippen molar-refractivity contribution in [2.75, 3.05) is 7.11 Å². The molecule has 0 aliphatic heterocycles. The molecule has 1 amide bonds. The van der Waals surface area contributed by atoms with E-state index >= 15 is 0 Å². The van der Waals surface area contributed by atoms with Gasteiger partial charge in [0.2, 0.25) is 0 Å². The van der Waals surface area contributed by atoms with Gasteiger partial charge in [-0.3, -0.25) is 4.79 Å². The molecule has 0 spiro atoms. The Kier molecular flexibility index (Phi) is 8.05. The average molecular weight is 567 g/mol. The molecule has 0 bridgehead atoms. The van der Waals surface area contributed by atoms with E-state index in [1.165, 1.54) is 35.9 Å². The van der Waals surface area contributed by atoms with Gasteiger partial charge in [-0.15, -0.1) is 0 Å². The first kappa shape index (κ1) is 29.2. The van der Waals surface area contributed by atoms with Gasteiger partial charge in [0.1, 0.15) is 5.69 Å². The summed E-state index contributed by atoms with van der Waals surface area (Å²) in [6, 6.07) is 9.68. The van der Waals surface area contributed by atoms with Gasteiger partial charge in [0, 0.05) is 12.2 Å². The number of benzene rings is 2. The molecule has 1 heterocycles. The summed E-state index contributed by atoms with van der Waals surface area (Å²) >= 11 is 0. The molecule has 40 heavy (non-hydrogen) atoms. The molecular formula is C29H28F6N2O3. The van der Waals surface area contributed by atoms with E-state index in [0.717, 1.165) is 12.1 Å². The number of ether oxygens (including phenoxy) is 1. The van der Waals surface area contributed by atoms with Crippen LogP contribution in [0.2, 0.25) is 0 Å². The molecule has 0 fully saturated rings. The predicted molar refractivity (Wildman–Crippen MR) is 135 cm³/mol. The number of nitrogens with zero attached hydrogens (tertiary/aromatic N) is 1. The van der Waals surface area contributed by atoms with Gasteiger partial charge in [0.05, 0.1) is 29.8 Å². The van der Waals surface area contributed by atoms with Crippen LogP contribution in [-0.4, -0.2) is 23.6 Å². The van der Waals surface area contributed by atoms with Crippen LogP contribution in [0.1, 0.15) is 93.0 Å². The summed E-state index contributed by atoms with van der Waals surface area (Å²) < 4.78 is 89.5. The Hall–Kier alpha value is -3.76. The molecule has 4 rings (SSSR count). The molecule has 1 aliphatic rings. The van der Waals surface area contributed by atoms with Crippen LogP contribution in [-0.2, 0) is 30.1 Å². The number of rotatable bonds is 6. The van der Waals surface area contributed by atoms with Gasteiger partial charge in [0.15, 0.2) is 0 Å². The lowest BCUT2D eigenvalue weighted by Crippen LogP contribution is -2.31. The molecule has 0 unspecified atom stereocenters. The van der Waals surface area contributed by atoms with Gasteiger partial charge in [-0.2, -0.15) is 26.3 Å².